The van der Waals surface area contributed by atoms with Crippen LogP contribution in [0.25, 0.3) is 10.9 Å². The predicted molar refractivity (Wildman–Crippen MR) is 76.6 cm³/mol. The molecule has 3 rings (SSSR count). The molecule has 4 heteroatoms. The number of nitrogens with zero attached hydrogens (tertiary/aromatic N) is 1. The minimum atomic E-state index is -0.327. The smallest absolute Gasteiger partial charge is 0.150 e. The molecule has 1 fully saturated rings. The number of fused-ring (bicyclic) bond motifs is 1. The van der Waals surface area contributed by atoms with Crippen LogP contribution in [-0.4, -0.2) is 11.5 Å². The zero-order valence-corrected chi connectivity index (χ0v) is 11.0. The van der Waals surface area contributed by atoms with Crippen molar-refractivity contribution >= 4 is 22.3 Å². The van der Waals surface area contributed by atoms with Crippen LogP contribution in [0.1, 0.15) is 26.2 Å². The zero-order valence-electron chi connectivity index (χ0n) is 11.0. The van der Waals surface area contributed by atoms with E-state index in [4.69, 9.17) is 5.73 Å². The fourth-order valence-corrected chi connectivity index (χ4v) is 2.66. The number of nitrogens with two attached hydrogens (primary N) is 1. The third-order valence-electron chi connectivity index (χ3n) is 4.13. The van der Waals surface area contributed by atoms with Gasteiger partial charge in [0, 0.05) is 23.8 Å². The summed E-state index contributed by atoms with van der Waals surface area (Å²) < 4.78 is 14.1. The summed E-state index contributed by atoms with van der Waals surface area (Å²) in [5.74, 6) is -0.327. The molecule has 0 unspecified atom stereocenters. The second-order valence-electron chi connectivity index (χ2n) is 5.74. The molecule has 2 aromatic rings. The summed E-state index contributed by atoms with van der Waals surface area (Å²) in [6.45, 7) is 3.01. The van der Waals surface area contributed by atoms with Gasteiger partial charge in [-0.1, -0.05) is 13.3 Å². The number of pyridine rings is 1. The third-order valence-corrected chi connectivity index (χ3v) is 4.13. The maximum Gasteiger partial charge on any atom is 0.150 e. The number of nitrogen functional groups attached to an aromatic ring is 1. The molecule has 100 valence electrons. The molecule has 1 heterocycles. The summed E-state index contributed by atoms with van der Waals surface area (Å²) in [7, 11) is 0. The van der Waals surface area contributed by atoms with E-state index in [1.165, 1.54) is 25.3 Å². The zero-order chi connectivity index (χ0) is 13.5. The lowest BCUT2D eigenvalue weighted by atomic mass is 9.70. The van der Waals surface area contributed by atoms with Crippen LogP contribution < -0.4 is 11.1 Å². The van der Waals surface area contributed by atoms with Gasteiger partial charge in [-0.2, -0.15) is 0 Å². The maximum absolute atomic E-state index is 14.1. The Morgan fingerprint density at radius 3 is 2.95 bits per heavy atom. The highest BCUT2D eigenvalue weighted by molar-refractivity contribution is 5.98. The summed E-state index contributed by atoms with van der Waals surface area (Å²) >= 11 is 0. The first-order valence-electron chi connectivity index (χ1n) is 6.66. The van der Waals surface area contributed by atoms with E-state index in [2.05, 4.69) is 17.2 Å². The van der Waals surface area contributed by atoms with Crippen LogP contribution in [0.3, 0.4) is 0 Å². The highest BCUT2D eigenvalue weighted by atomic mass is 19.1. The van der Waals surface area contributed by atoms with Gasteiger partial charge in [-0.15, -0.1) is 0 Å². The Morgan fingerprint density at radius 2 is 2.26 bits per heavy atom. The summed E-state index contributed by atoms with van der Waals surface area (Å²) in [5.41, 5.74) is 7.64. The van der Waals surface area contributed by atoms with Crippen LogP contribution in [0.2, 0.25) is 0 Å². The van der Waals surface area contributed by atoms with Crippen molar-refractivity contribution in [3.63, 3.8) is 0 Å². The van der Waals surface area contributed by atoms with E-state index in [1.54, 1.807) is 6.20 Å². The molecule has 3 nitrogen and oxygen atoms in total. The van der Waals surface area contributed by atoms with Crippen molar-refractivity contribution in [2.24, 2.45) is 5.41 Å². The number of halogens is 1. The normalized spacial score (nSPS) is 17.2. The third kappa shape index (κ3) is 2.11. The lowest BCUT2D eigenvalue weighted by Crippen LogP contribution is -2.33. The predicted octanol–water partition coefficient (Wildman–Crippen LogP) is 3.56. The molecule has 1 aliphatic rings. The Bertz CT molecular complexity index is 620. The van der Waals surface area contributed by atoms with Crippen molar-refractivity contribution in [2.45, 2.75) is 26.2 Å². The second kappa shape index (κ2) is 4.37. The van der Waals surface area contributed by atoms with Gasteiger partial charge in [0.1, 0.15) is 0 Å². The van der Waals surface area contributed by atoms with Crippen LogP contribution in [-0.2, 0) is 0 Å². The SMILES string of the molecule is CC1(CNc2c(F)cc(N)c3cccnc23)CCC1. The molecule has 1 aromatic carbocycles. The van der Waals surface area contributed by atoms with E-state index < -0.39 is 0 Å². The van der Waals surface area contributed by atoms with Gasteiger partial charge in [0.15, 0.2) is 5.82 Å². The molecule has 1 saturated carbocycles. The van der Waals surface area contributed by atoms with Gasteiger partial charge < -0.3 is 11.1 Å². The van der Waals surface area contributed by atoms with Crippen LogP contribution in [0.5, 0.6) is 0 Å². The Balaban J connectivity index is 1.97. The first kappa shape index (κ1) is 12.2. The molecule has 1 aliphatic carbocycles. The molecule has 0 bridgehead atoms. The molecule has 19 heavy (non-hydrogen) atoms. The molecule has 0 atom stereocenters. The van der Waals surface area contributed by atoms with E-state index in [9.17, 15) is 4.39 Å². The van der Waals surface area contributed by atoms with Gasteiger partial charge in [-0.05, 0) is 36.5 Å². The molecule has 0 amide bonds. The molecule has 1 aromatic heterocycles. The fraction of sp³-hybridized carbons (Fsp3) is 0.400. The summed E-state index contributed by atoms with van der Waals surface area (Å²) in [4.78, 5) is 4.26. The van der Waals surface area contributed by atoms with Crippen LogP contribution in [0, 0.1) is 11.2 Å². The Labute approximate surface area is 112 Å². The van der Waals surface area contributed by atoms with Crippen molar-refractivity contribution in [2.75, 3.05) is 17.6 Å². The van der Waals surface area contributed by atoms with Crippen LogP contribution >= 0.6 is 0 Å². The van der Waals surface area contributed by atoms with Crippen LogP contribution in [0.4, 0.5) is 15.8 Å². The lowest BCUT2D eigenvalue weighted by molar-refractivity contribution is 0.180. The van der Waals surface area contributed by atoms with Crippen molar-refractivity contribution in [3.05, 3.63) is 30.2 Å². The minimum absolute atomic E-state index is 0.287. The molecule has 0 spiro atoms. The molecule has 3 N–H and O–H groups in total. The number of anilines is 2. The number of rotatable bonds is 3. The first-order valence-corrected chi connectivity index (χ1v) is 6.66. The average Bonchev–Trinajstić information content (AvgIpc) is 2.36. The van der Waals surface area contributed by atoms with Crippen molar-refractivity contribution in [3.8, 4) is 0 Å². The fourth-order valence-electron chi connectivity index (χ4n) is 2.66. The van der Waals surface area contributed by atoms with Gasteiger partial charge in [-0.3, -0.25) is 4.98 Å². The lowest BCUT2D eigenvalue weighted by Gasteiger charge is -2.38. The van der Waals surface area contributed by atoms with E-state index in [-0.39, 0.29) is 11.2 Å². The second-order valence-corrected chi connectivity index (χ2v) is 5.74. The highest BCUT2D eigenvalue weighted by Gasteiger charge is 2.31. The highest BCUT2D eigenvalue weighted by Crippen LogP contribution is 2.41. The van der Waals surface area contributed by atoms with Gasteiger partial charge >= 0.3 is 0 Å². The maximum atomic E-state index is 14.1. The van der Waals surface area contributed by atoms with Gasteiger partial charge in [0.25, 0.3) is 0 Å². The van der Waals surface area contributed by atoms with E-state index >= 15 is 0 Å². The quantitative estimate of drug-likeness (QED) is 0.829. The number of aromatic nitrogens is 1. The van der Waals surface area contributed by atoms with E-state index in [0.717, 1.165) is 11.9 Å². The molecular weight excluding hydrogens is 241 g/mol. The van der Waals surface area contributed by atoms with Gasteiger partial charge in [0.2, 0.25) is 0 Å². The average molecular weight is 259 g/mol. The molecular formula is C15H18FN3. The first-order chi connectivity index (χ1) is 9.09. The number of hydrogen-bond donors (Lipinski definition) is 2. The Hall–Kier alpha value is -1.84. The van der Waals surface area contributed by atoms with Gasteiger partial charge in [-0.25, -0.2) is 4.39 Å². The van der Waals surface area contributed by atoms with Crippen molar-refractivity contribution < 1.29 is 4.39 Å². The van der Waals surface area contributed by atoms with Crippen molar-refractivity contribution in [1.82, 2.24) is 4.98 Å². The summed E-state index contributed by atoms with van der Waals surface area (Å²) in [5, 5.41) is 4.03. The standard InChI is InChI=1S/C15H18FN3/c1-15(5-3-6-15)9-19-14-11(16)8-12(17)10-4-2-7-18-13(10)14/h2,4,7-8,19H,3,5-6,9,17H2,1H3. The Kier molecular flexibility index (Phi) is 2.81. The number of hydrogen-bond acceptors (Lipinski definition) is 3. The Morgan fingerprint density at radius 1 is 1.47 bits per heavy atom. The largest absolute Gasteiger partial charge is 0.398 e. The molecule has 0 saturated heterocycles. The summed E-state index contributed by atoms with van der Waals surface area (Å²) in [6.07, 6.45) is 5.32. The summed E-state index contributed by atoms with van der Waals surface area (Å²) in [6, 6.07) is 5.05. The minimum Gasteiger partial charge on any atom is -0.398 e. The monoisotopic (exact) mass is 259 g/mol. The molecule has 0 radical (unpaired) electrons. The number of benzene rings is 1. The van der Waals surface area contributed by atoms with Gasteiger partial charge in [0.05, 0.1) is 11.2 Å². The van der Waals surface area contributed by atoms with Crippen LogP contribution in [0.15, 0.2) is 24.4 Å². The van der Waals surface area contributed by atoms with E-state index in [0.29, 0.717) is 16.9 Å². The molecule has 0 aliphatic heterocycles. The topological polar surface area (TPSA) is 50.9 Å². The van der Waals surface area contributed by atoms with E-state index in [1.807, 2.05) is 12.1 Å². The van der Waals surface area contributed by atoms with Crippen molar-refractivity contribution in [1.29, 1.82) is 0 Å². The number of nitrogens with one attached hydrogen (secondary N) is 1.